The molecule has 3 aromatic rings. The number of nitrogens with zero attached hydrogens (tertiary/aromatic N) is 1. The molecule has 6 rings (SSSR count). The highest BCUT2D eigenvalue weighted by Gasteiger charge is 2.68. The molecule has 2 N–H and O–H groups in total. The van der Waals surface area contributed by atoms with Gasteiger partial charge in [0.25, 0.3) is 5.91 Å². The van der Waals surface area contributed by atoms with Crippen molar-refractivity contribution in [3.05, 3.63) is 46.9 Å². The number of carbonyl (C=O) groups is 2. The van der Waals surface area contributed by atoms with E-state index in [0.29, 0.717) is 46.4 Å². The Kier molecular flexibility index (Phi) is 5.94. The summed E-state index contributed by atoms with van der Waals surface area (Å²) < 4.78 is 40.9. The largest absolute Gasteiger partial charge is 0.493 e. The van der Waals surface area contributed by atoms with Crippen LogP contribution < -0.4 is 19.6 Å². The van der Waals surface area contributed by atoms with Crippen LogP contribution in [0.5, 0.6) is 17.2 Å². The number of ketones is 1. The fourth-order valence-corrected chi connectivity index (χ4v) is 7.71. The van der Waals surface area contributed by atoms with Crippen molar-refractivity contribution < 1.29 is 37.4 Å². The molecule has 2 atom stereocenters. The number of rotatable bonds is 9. The Labute approximate surface area is 224 Å². The van der Waals surface area contributed by atoms with Gasteiger partial charge in [0, 0.05) is 29.1 Å². The fourth-order valence-electron chi connectivity index (χ4n) is 6.14. The lowest BCUT2D eigenvalue weighted by atomic mass is 9.85. The number of hydrogen-bond acceptors (Lipinski definition) is 8. The van der Waals surface area contributed by atoms with E-state index in [-0.39, 0.29) is 36.3 Å². The molecule has 2 aromatic heterocycles. The summed E-state index contributed by atoms with van der Waals surface area (Å²) in [6.07, 6.45) is 2.32. The number of methoxy groups -OCH3 is 3. The first-order chi connectivity index (χ1) is 18.8. The van der Waals surface area contributed by atoms with Crippen LogP contribution in [0.25, 0.3) is 10.9 Å². The molecule has 1 saturated heterocycles. The number of aromatic nitrogens is 2. The number of H-pyrrole nitrogens is 2. The summed E-state index contributed by atoms with van der Waals surface area (Å²) >= 11 is 0. The Morgan fingerprint density at radius 1 is 1.05 bits per heavy atom. The molecule has 3 aliphatic rings. The average molecular weight is 556 g/mol. The molecule has 1 amide bonds. The highest BCUT2D eigenvalue weighted by Crippen LogP contribution is 2.67. The van der Waals surface area contributed by atoms with Gasteiger partial charge >= 0.3 is 7.60 Å². The molecule has 0 bridgehead atoms. The van der Waals surface area contributed by atoms with E-state index in [1.165, 1.54) is 27.4 Å². The van der Waals surface area contributed by atoms with Crippen molar-refractivity contribution in [3.8, 4) is 17.2 Å². The number of nitrogens with one attached hydrogen (secondary N) is 2. The van der Waals surface area contributed by atoms with Crippen molar-refractivity contribution in [2.45, 2.75) is 25.7 Å². The number of allylic oxidation sites excluding steroid dienone is 2. The van der Waals surface area contributed by atoms with Crippen LogP contribution in [0.1, 0.15) is 46.8 Å². The van der Waals surface area contributed by atoms with Gasteiger partial charge in [0.15, 0.2) is 11.5 Å². The second-order valence-electron chi connectivity index (χ2n) is 9.75. The van der Waals surface area contributed by atoms with Gasteiger partial charge in [-0.2, -0.15) is 0 Å². The van der Waals surface area contributed by atoms with Gasteiger partial charge in [0.1, 0.15) is 11.1 Å². The SMILES string of the molecule is CCOP(=O)(OCC)c1cc2c([nH]1)C(=O)C=C1N(C(=O)c3cc4cc(OC)c(OC)c(OC)c4[nH]3)C[C@H]3C[C@]123. The number of amides is 1. The van der Waals surface area contributed by atoms with Crippen LogP contribution in [0.2, 0.25) is 0 Å². The van der Waals surface area contributed by atoms with Crippen LogP contribution >= 0.6 is 7.60 Å². The molecule has 11 nitrogen and oxygen atoms in total. The van der Waals surface area contributed by atoms with Crippen LogP contribution in [-0.2, 0) is 19.0 Å². The number of hydrogen-bond donors (Lipinski definition) is 2. The van der Waals surface area contributed by atoms with Crippen molar-refractivity contribution in [2.24, 2.45) is 5.92 Å². The Hall–Kier alpha value is -3.53. The first-order valence-electron chi connectivity index (χ1n) is 12.8. The monoisotopic (exact) mass is 555 g/mol. The number of carbonyl (C=O) groups excluding carboxylic acids is 2. The maximum absolute atomic E-state index is 13.8. The summed E-state index contributed by atoms with van der Waals surface area (Å²) in [6, 6.07) is 5.25. The summed E-state index contributed by atoms with van der Waals surface area (Å²) in [6.45, 7) is 4.33. The van der Waals surface area contributed by atoms with Crippen LogP contribution in [0.15, 0.2) is 30.0 Å². The average Bonchev–Trinajstić information content (AvgIpc) is 3.25. The first kappa shape index (κ1) is 25.7. The molecule has 1 aromatic carbocycles. The van der Waals surface area contributed by atoms with Gasteiger partial charge < -0.3 is 38.1 Å². The third-order valence-electron chi connectivity index (χ3n) is 7.84. The van der Waals surface area contributed by atoms with Gasteiger partial charge in [-0.1, -0.05) is 0 Å². The van der Waals surface area contributed by atoms with E-state index in [1.807, 2.05) is 0 Å². The Balaban J connectivity index is 1.38. The predicted molar refractivity (Wildman–Crippen MR) is 142 cm³/mol. The molecule has 1 aliphatic heterocycles. The maximum Gasteiger partial charge on any atom is 0.377 e. The van der Waals surface area contributed by atoms with E-state index in [1.54, 1.807) is 36.9 Å². The maximum atomic E-state index is 13.8. The van der Waals surface area contributed by atoms with E-state index >= 15 is 0 Å². The van der Waals surface area contributed by atoms with Crippen molar-refractivity contribution in [1.82, 2.24) is 14.9 Å². The van der Waals surface area contributed by atoms with E-state index in [4.69, 9.17) is 23.3 Å². The van der Waals surface area contributed by atoms with Crippen LogP contribution in [0, 0.1) is 5.92 Å². The Bertz CT molecular complexity index is 1590. The van der Waals surface area contributed by atoms with Crippen LogP contribution in [-0.4, -0.2) is 67.6 Å². The molecule has 3 heterocycles. The van der Waals surface area contributed by atoms with Crippen molar-refractivity contribution in [3.63, 3.8) is 0 Å². The van der Waals surface area contributed by atoms with E-state index < -0.39 is 13.0 Å². The van der Waals surface area contributed by atoms with Gasteiger partial charge in [0.2, 0.25) is 11.5 Å². The number of fused-ring (bicyclic) bond motifs is 2. The van der Waals surface area contributed by atoms with E-state index in [0.717, 1.165) is 17.4 Å². The first-order valence-corrected chi connectivity index (χ1v) is 14.3. The fraction of sp³-hybridized carbons (Fsp3) is 0.407. The second-order valence-corrected chi connectivity index (χ2v) is 11.7. The normalized spacial score (nSPS) is 21.4. The number of piperidine rings is 1. The molecular weight excluding hydrogens is 525 g/mol. The highest BCUT2D eigenvalue weighted by molar-refractivity contribution is 7.61. The van der Waals surface area contributed by atoms with Crippen molar-refractivity contribution in [2.75, 3.05) is 41.1 Å². The molecule has 39 heavy (non-hydrogen) atoms. The number of likely N-dealkylation sites (tertiary alicyclic amines) is 1. The zero-order valence-electron chi connectivity index (χ0n) is 22.4. The number of ether oxygens (including phenoxy) is 3. The summed E-state index contributed by atoms with van der Waals surface area (Å²) in [5.41, 5.74) is 2.49. The van der Waals surface area contributed by atoms with E-state index in [9.17, 15) is 14.2 Å². The molecule has 2 aliphatic carbocycles. The minimum atomic E-state index is -3.62. The van der Waals surface area contributed by atoms with Gasteiger partial charge in [-0.15, -0.1) is 0 Å². The summed E-state index contributed by atoms with van der Waals surface area (Å²) in [7, 11) is 0.956. The van der Waals surface area contributed by atoms with Crippen molar-refractivity contribution in [1.29, 1.82) is 0 Å². The minimum Gasteiger partial charge on any atom is -0.493 e. The minimum absolute atomic E-state index is 0.140. The zero-order valence-corrected chi connectivity index (χ0v) is 23.3. The molecule has 0 radical (unpaired) electrons. The van der Waals surface area contributed by atoms with Gasteiger partial charge in [0.05, 0.1) is 45.8 Å². The third-order valence-corrected chi connectivity index (χ3v) is 9.87. The lowest BCUT2D eigenvalue weighted by molar-refractivity contribution is 0.0806. The lowest BCUT2D eigenvalue weighted by Crippen LogP contribution is -2.33. The van der Waals surface area contributed by atoms with Crippen molar-refractivity contribution >= 4 is 35.6 Å². The standard InChI is InChI=1S/C27H30N3O8P/c1-6-37-39(33,38-7-2)21-10-16-23(29-21)18(31)11-20-27(16)12-15(27)13-30(20)26(32)17-8-14-9-19(34-3)24(35-4)25(36-5)22(14)28-17/h8-11,15,28-29H,6-7,12-13H2,1-5H3/t15-,27-/m1/s1. The molecule has 1 spiro atoms. The third kappa shape index (κ3) is 3.53. The van der Waals surface area contributed by atoms with Crippen LogP contribution in [0.3, 0.4) is 0 Å². The molecule has 206 valence electrons. The summed E-state index contributed by atoms with van der Waals surface area (Å²) in [5.74, 6) is 0.925. The molecule has 0 unspecified atom stereocenters. The number of aromatic amines is 2. The predicted octanol–water partition coefficient (Wildman–Crippen LogP) is 3.91. The highest BCUT2D eigenvalue weighted by atomic mass is 31.2. The topological polar surface area (TPSA) is 132 Å². The second kappa shape index (κ2) is 9.01. The zero-order chi connectivity index (χ0) is 27.7. The van der Waals surface area contributed by atoms with Gasteiger partial charge in [-0.05, 0) is 49.9 Å². The molecule has 12 heteroatoms. The molecule has 1 saturated carbocycles. The Morgan fingerprint density at radius 3 is 2.41 bits per heavy atom. The summed E-state index contributed by atoms with van der Waals surface area (Å²) in [4.78, 5) is 35.0. The lowest BCUT2D eigenvalue weighted by Gasteiger charge is -2.27. The quantitative estimate of drug-likeness (QED) is 0.380. The van der Waals surface area contributed by atoms with Gasteiger partial charge in [-0.25, -0.2) is 0 Å². The van der Waals surface area contributed by atoms with E-state index in [2.05, 4.69) is 9.97 Å². The number of benzene rings is 1. The summed E-state index contributed by atoms with van der Waals surface area (Å²) in [5, 5.41) is 0.723. The molecular formula is C27H30N3O8P. The van der Waals surface area contributed by atoms with Crippen LogP contribution in [0.4, 0.5) is 0 Å². The smallest absolute Gasteiger partial charge is 0.377 e. The van der Waals surface area contributed by atoms with Gasteiger partial charge in [-0.3, -0.25) is 14.2 Å². The Morgan fingerprint density at radius 2 is 1.77 bits per heavy atom. The molecule has 2 fully saturated rings.